The molecular weight excluding hydrogens is 218 g/mol. The van der Waals surface area contributed by atoms with E-state index in [0.717, 1.165) is 6.42 Å². The topological polar surface area (TPSA) is 26.0 Å². The first-order valence-corrected chi connectivity index (χ1v) is 7.07. The molecule has 0 aliphatic heterocycles. The van der Waals surface area contributed by atoms with Crippen LogP contribution in [0.4, 0.5) is 0 Å². The summed E-state index contributed by atoms with van der Waals surface area (Å²) in [5.74, 6) is 1.21. The summed E-state index contributed by atoms with van der Waals surface area (Å²) in [5, 5.41) is 0. The fraction of sp³-hybridized carbons (Fsp3) is 0.647. The van der Waals surface area contributed by atoms with Crippen molar-refractivity contribution >= 4 is 0 Å². The van der Waals surface area contributed by atoms with E-state index < -0.39 is 0 Å². The molecule has 18 heavy (non-hydrogen) atoms. The summed E-state index contributed by atoms with van der Waals surface area (Å²) in [6, 6.07) is 9.19. The van der Waals surface area contributed by atoms with Crippen LogP contribution < -0.4 is 5.73 Å². The van der Waals surface area contributed by atoms with Crippen LogP contribution in [0.1, 0.15) is 52.7 Å². The standard InChI is InChI=1S/C17H29N/c1-12(2)13(3)16(18)11-14-7-9-15(10-8-14)17(4,5)6/h7-10,12-13,16H,11,18H2,1-6H3. The molecule has 0 saturated carbocycles. The lowest BCUT2D eigenvalue weighted by atomic mass is 9.84. The predicted molar refractivity (Wildman–Crippen MR) is 80.8 cm³/mol. The zero-order valence-electron chi connectivity index (χ0n) is 12.8. The molecule has 1 rings (SSSR count). The van der Waals surface area contributed by atoms with E-state index in [4.69, 9.17) is 5.73 Å². The predicted octanol–water partition coefficient (Wildman–Crippen LogP) is 4.15. The van der Waals surface area contributed by atoms with Gasteiger partial charge in [0.25, 0.3) is 0 Å². The summed E-state index contributed by atoms with van der Waals surface area (Å²) in [7, 11) is 0. The minimum absolute atomic E-state index is 0.228. The van der Waals surface area contributed by atoms with E-state index in [1.807, 2.05) is 0 Å². The lowest BCUT2D eigenvalue weighted by molar-refractivity contribution is 0.344. The number of hydrogen-bond acceptors (Lipinski definition) is 1. The molecule has 102 valence electrons. The molecule has 0 radical (unpaired) electrons. The van der Waals surface area contributed by atoms with Crippen molar-refractivity contribution in [3.8, 4) is 0 Å². The van der Waals surface area contributed by atoms with Crippen molar-refractivity contribution in [1.82, 2.24) is 0 Å². The van der Waals surface area contributed by atoms with Crippen LogP contribution in [0.5, 0.6) is 0 Å². The zero-order valence-corrected chi connectivity index (χ0v) is 12.8. The van der Waals surface area contributed by atoms with Gasteiger partial charge in [0.1, 0.15) is 0 Å². The fourth-order valence-corrected chi connectivity index (χ4v) is 2.09. The maximum absolute atomic E-state index is 6.27. The summed E-state index contributed by atoms with van der Waals surface area (Å²) in [6.45, 7) is 13.5. The Balaban J connectivity index is 2.70. The summed E-state index contributed by atoms with van der Waals surface area (Å²) in [6.07, 6.45) is 0.976. The lowest BCUT2D eigenvalue weighted by Crippen LogP contribution is -2.33. The van der Waals surface area contributed by atoms with Gasteiger partial charge in [0.05, 0.1) is 0 Å². The third-order valence-corrected chi connectivity index (χ3v) is 4.02. The highest BCUT2D eigenvalue weighted by Crippen LogP contribution is 2.23. The molecule has 2 unspecified atom stereocenters. The van der Waals surface area contributed by atoms with E-state index >= 15 is 0 Å². The van der Waals surface area contributed by atoms with Gasteiger partial charge >= 0.3 is 0 Å². The largest absolute Gasteiger partial charge is 0.327 e. The van der Waals surface area contributed by atoms with Crippen molar-refractivity contribution in [2.24, 2.45) is 17.6 Å². The molecule has 0 saturated heterocycles. The highest BCUT2D eigenvalue weighted by atomic mass is 14.6. The quantitative estimate of drug-likeness (QED) is 0.850. The van der Waals surface area contributed by atoms with Crippen molar-refractivity contribution in [2.75, 3.05) is 0 Å². The molecule has 0 aliphatic carbocycles. The third-order valence-electron chi connectivity index (χ3n) is 4.02. The van der Waals surface area contributed by atoms with Crippen LogP contribution in [0.15, 0.2) is 24.3 Å². The fourth-order valence-electron chi connectivity index (χ4n) is 2.09. The Labute approximate surface area is 113 Å². The third kappa shape index (κ3) is 4.13. The summed E-state index contributed by atoms with van der Waals surface area (Å²) < 4.78 is 0. The Morgan fingerprint density at radius 1 is 1.00 bits per heavy atom. The molecule has 0 bridgehead atoms. The smallest absolute Gasteiger partial charge is 0.0108 e. The first-order valence-electron chi connectivity index (χ1n) is 7.07. The van der Waals surface area contributed by atoms with Gasteiger partial charge in [0.2, 0.25) is 0 Å². The average molecular weight is 247 g/mol. The van der Waals surface area contributed by atoms with Crippen LogP contribution in [0.3, 0.4) is 0 Å². The van der Waals surface area contributed by atoms with Crippen molar-refractivity contribution in [3.05, 3.63) is 35.4 Å². The zero-order chi connectivity index (χ0) is 13.9. The number of benzene rings is 1. The molecule has 0 aromatic heterocycles. The Bertz CT molecular complexity index is 356. The lowest BCUT2D eigenvalue weighted by Gasteiger charge is -2.24. The second-order valence-corrected chi connectivity index (χ2v) is 6.92. The highest BCUT2D eigenvalue weighted by molar-refractivity contribution is 5.28. The van der Waals surface area contributed by atoms with Gasteiger partial charge < -0.3 is 5.73 Å². The summed E-state index contributed by atoms with van der Waals surface area (Å²) in [5.41, 5.74) is 9.24. The van der Waals surface area contributed by atoms with Gasteiger partial charge in [-0.05, 0) is 34.8 Å². The second kappa shape index (κ2) is 5.88. The molecule has 0 spiro atoms. The number of rotatable bonds is 4. The molecule has 2 N–H and O–H groups in total. The van der Waals surface area contributed by atoms with Crippen LogP contribution in [0.2, 0.25) is 0 Å². The van der Waals surface area contributed by atoms with Gasteiger partial charge in [0.15, 0.2) is 0 Å². The molecule has 0 fully saturated rings. The molecule has 1 aromatic carbocycles. The van der Waals surface area contributed by atoms with Gasteiger partial charge in [-0.3, -0.25) is 0 Å². The Morgan fingerprint density at radius 2 is 1.50 bits per heavy atom. The van der Waals surface area contributed by atoms with Crippen LogP contribution in [0, 0.1) is 11.8 Å². The minimum Gasteiger partial charge on any atom is -0.327 e. The number of hydrogen-bond donors (Lipinski definition) is 1. The first-order chi connectivity index (χ1) is 8.21. The summed E-state index contributed by atoms with van der Waals surface area (Å²) in [4.78, 5) is 0. The van der Waals surface area contributed by atoms with Crippen LogP contribution in [0.25, 0.3) is 0 Å². The van der Waals surface area contributed by atoms with Crippen LogP contribution in [-0.2, 0) is 11.8 Å². The van der Waals surface area contributed by atoms with Crippen LogP contribution in [-0.4, -0.2) is 6.04 Å². The average Bonchev–Trinajstić information content (AvgIpc) is 2.27. The van der Waals surface area contributed by atoms with Crippen molar-refractivity contribution in [1.29, 1.82) is 0 Å². The van der Waals surface area contributed by atoms with Gasteiger partial charge in [-0.15, -0.1) is 0 Å². The van der Waals surface area contributed by atoms with Gasteiger partial charge in [0, 0.05) is 6.04 Å². The maximum atomic E-state index is 6.27. The van der Waals surface area contributed by atoms with E-state index in [9.17, 15) is 0 Å². The Morgan fingerprint density at radius 3 is 1.89 bits per heavy atom. The maximum Gasteiger partial charge on any atom is 0.0108 e. The second-order valence-electron chi connectivity index (χ2n) is 6.92. The van der Waals surface area contributed by atoms with Gasteiger partial charge in [-0.2, -0.15) is 0 Å². The monoisotopic (exact) mass is 247 g/mol. The molecule has 0 heterocycles. The van der Waals surface area contributed by atoms with Crippen molar-refractivity contribution in [2.45, 2.75) is 59.4 Å². The van der Waals surface area contributed by atoms with E-state index in [2.05, 4.69) is 65.8 Å². The van der Waals surface area contributed by atoms with Crippen molar-refractivity contribution < 1.29 is 0 Å². The van der Waals surface area contributed by atoms with E-state index in [0.29, 0.717) is 11.8 Å². The molecule has 1 nitrogen and oxygen atoms in total. The minimum atomic E-state index is 0.228. The van der Waals surface area contributed by atoms with E-state index in [1.54, 1.807) is 0 Å². The highest BCUT2D eigenvalue weighted by Gasteiger charge is 2.17. The molecule has 2 atom stereocenters. The van der Waals surface area contributed by atoms with E-state index in [1.165, 1.54) is 11.1 Å². The van der Waals surface area contributed by atoms with E-state index in [-0.39, 0.29) is 11.5 Å². The summed E-state index contributed by atoms with van der Waals surface area (Å²) >= 11 is 0. The molecule has 1 aromatic rings. The normalized spacial score (nSPS) is 15.8. The van der Waals surface area contributed by atoms with Gasteiger partial charge in [-0.1, -0.05) is 65.8 Å². The molecule has 0 aliphatic rings. The molecule has 0 amide bonds. The molecular formula is C17H29N. The van der Waals surface area contributed by atoms with Gasteiger partial charge in [-0.25, -0.2) is 0 Å². The Kier molecular flexibility index (Phi) is 4.98. The SMILES string of the molecule is CC(C)C(C)C(N)Cc1ccc(C(C)(C)C)cc1. The van der Waals surface area contributed by atoms with Crippen LogP contribution >= 0.6 is 0 Å². The van der Waals surface area contributed by atoms with Crippen molar-refractivity contribution in [3.63, 3.8) is 0 Å². The number of nitrogens with two attached hydrogens (primary N) is 1. The molecule has 1 heteroatoms. The Hall–Kier alpha value is -0.820. The first kappa shape index (κ1) is 15.2.